The Morgan fingerprint density at radius 3 is 3.15 bits per heavy atom. The van der Waals surface area contributed by atoms with Gasteiger partial charge in [0, 0.05) is 6.20 Å². The van der Waals surface area contributed by atoms with E-state index in [1.165, 1.54) is 0 Å². The number of aromatic nitrogens is 2. The van der Waals surface area contributed by atoms with Gasteiger partial charge in [0.25, 0.3) is 0 Å². The molecule has 0 bridgehead atoms. The Morgan fingerprint density at radius 2 is 2.46 bits per heavy atom. The molecule has 0 saturated heterocycles. The maximum atomic E-state index is 10.3. The number of pyridine rings is 1. The third-order valence-electron chi connectivity index (χ3n) is 1.75. The van der Waals surface area contributed by atoms with Gasteiger partial charge in [-0.3, -0.25) is 15.7 Å². The molecule has 0 aliphatic rings. The highest BCUT2D eigenvalue weighted by Crippen LogP contribution is 2.29. The summed E-state index contributed by atoms with van der Waals surface area (Å²) in [6.45, 7) is 0. The molecule has 2 aromatic heterocycles. The predicted molar refractivity (Wildman–Crippen MR) is 47.0 cm³/mol. The third kappa shape index (κ3) is 1.04. The van der Waals surface area contributed by atoms with Gasteiger partial charge in [-0.1, -0.05) is 0 Å². The van der Waals surface area contributed by atoms with Crippen molar-refractivity contribution in [1.82, 2.24) is 9.97 Å². The zero-order valence-corrected chi connectivity index (χ0v) is 6.48. The second kappa shape index (κ2) is 2.83. The minimum Gasteiger partial charge on any atom is -0.320 e. The van der Waals surface area contributed by atoms with E-state index >= 15 is 0 Å². The molecule has 6 nitrogen and oxygen atoms in total. The summed E-state index contributed by atoms with van der Waals surface area (Å²) in [5.41, 5.74) is 2.39. The zero-order valence-electron chi connectivity index (χ0n) is 6.48. The van der Waals surface area contributed by atoms with Gasteiger partial charge in [-0.15, -0.1) is 4.91 Å². The quantitative estimate of drug-likeness (QED) is 0.482. The van der Waals surface area contributed by atoms with Crippen LogP contribution >= 0.6 is 0 Å². The number of nitroso groups, excluding NO2 is 1. The Bertz CT molecular complexity index is 451. The Morgan fingerprint density at radius 1 is 1.62 bits per heavy atom. The monoisotopic (exact) mass is 178 g/mol. The maximum absolute atomic E-state index is 10.3. The van der Waals surface area contributed by atoms with Crippen molar-refractivity contribution in [3.63, 3.8) is 0 Å². The van der Waals surface area contributed by atoms with Crippen molar-refractivity contribution in [2.24, 2.45) is 5.18 Å². The molecule has 0 aliphatic carbocycles. The molecule has 6 heteroatoms. The van der Waals surface area contributed by atoms with Gasteiger partial charge in [-0.2, -0.15) is 0 Å². The highest BCUT2D eigenvalue weighted by molar-refractivity contribution is 5.97. The molecule has 2 rings (SSSR count). The van der Waals surface area contributed by atoms with Gasteiger partial charge >= 0.3 is 0 Å². The van der Waals surface area contributed by atoms with Crippen LogP contribution in [0.25, 0.3) is 10.9 Å². The lowest BCUT2D eigenvalue weighted by Gasteiger charge is -1.91. The standard InChI is InChI=1S/C7H6N4O2/c12-10-6-4-2-1-3-8-5(4)7(9-6)11-13/h1-3,9,11,13H. The molecule has 0 unspecified atom stereocenters. The van der Waals surface area contributed by atoms with Crippen molar-refractivity contribution in [2.75, 3.05) is 5.48 Å². The van der Waals surface area contributed by atoms with E-state index in [1.807, 2.05) is 5.48 Å². The predicted octanol–water partition coefficient (Wildman–Crippen LogP) is 1.76. The average molecular weight is 178 g/mol. The lowest BCUT2D eigenvalue weighted by atomic mass is 10.3. The van der Waals surface area contributed by atoms with Crippen LogP contribution in [0.3, 0.4) is 0 Å². The van der Waals surface area contributed by atoms with Gasteiger partial charge < -0.3 is 4.98 Å². The van der Waals surface area contributed by atoms with Crippen LogP contribution < -0.4 is 5.48 Å². The molecule has 0 fully saturated rings. The minimum absolute atomic E-state index is 0.152. The number of nitrogens with one attached hydrogen (secondary N) is 2. The number of hydrogen-bond acceptors (Lipinski definition) is 5. The van der Waals surface area contributed by atoms with Gasteiger partial charge in [-0.05, 0) is 17.3 Å². The first-order valence-electron chi connectivity index (χ1n) is 3.57. The number of rotatable bonds is 2. The van der Waals surface area contributed by atoms with Crippen LogP contribution in [0.1, 0.15) is 0 Å². The molecule has 0 saturated carbocycles. The summed E-state index contributed by atoms with van der Waals surface area (Å²) in [6, 6.07) is 3.38. The number of hydrogen-bond donors (Lipinski definition) is 3. The minimum atomic E-state index is 0.152. The molecule has 2 aromatic rings. The first kappa shape index (κ1) is 7.69. The first-order valence-corrected chi connectivity index (χ1v) is 3.57. The second-order valence-corrected chi connectivity index (χ2v) is 2.45. The van der Waals surface area contributed by atoms with Crippen molar-refractivity contribution in [2.45, 2.75) is 0 Å². The molecule has 0 aliphatic heterocycles. The van der Waals surface area contributed by atoms with E-state index in [-0.39, 0.29) is 11.6 Å². The van der Waals surface area contributed by atoms with Crippen molar-refractivity contribution >= 4 is 22.5 Å². The molecular formula is C7H6N4O2. The van der Waals surface area contributed by atoms with Gasteiger partial charge in [0.15, 0.2) is 11.6 Å². The summed E-state index contributed by atoms with van der Waals surface area (Å²) in [4.78, 5) is 16.9. The van der Waals surface area contributed by atoms with Gasteiger partial charge in [-0.25, -0.2) is 0 Å². The van der Waals surface area contributed by atoms with E-state index in [0.29, 0.717) is 10.9 Å². The highest BCUT2D eigenvalue weighted by Gasteiger charge is 2.09. The summed E-state index contributed by atoms with van der Waals surface area (Å²) >= 11 is 0. The van der Waals surface area contributed by atoms with Crippen molar-refractivity contribution < 1.29 is 5.21 Å². The number of fused-ring (bicyclic) bond motifs is 1. The normalized spacial score (nSPS) is 10.2. The number of nitrogens with zero attached hydrogens (tertiary/aromatic N) is 2. The largest absolute Gasteiger partial charge is 0.320 e. The molecular weight excluding hydrogens is 172 g/mol. The first-order chi connectivity index (χ1) is 6.36. The Kier molecular flexibility index (Phi) is 1.67. The highest BCUT2D eigenvalue weighted by atomic mass is 16.5. The molecule has 13 heavy (non-hydrogen) atoms. The smallest absolute Gasteiger partial charge is 0.185 e. The third-order valence-corrected chi connectivity index (χ3v) is 1.75. The molecule has 0 atom stereocenters. The van der Waals surface area contributed by atoms with Crippen LogP contribution in [0.4, 0.5) is 11.6 Å². The Labute approximate surface area is 72.5 Å². The molecule has 66 valence electrons. The molecule has 0 radical (unpaired) electrons. The van der Waals surface area contributed by atoms with E-state index in [0.717, 1.165) is 0 Å². The number of aromatic amines is 1. The van der Waals surface area contributed by atoms with E-state index in [2.05, 4.69) is 15.1 Å². The van der Waals surface area contributed by atoms with Crippen LogP contribution in [-0.2, 0) is 0 Å². The maximum Gasteiger partial charge on any atom is 0.185 e. The lowest BCUT2D eigenvalue weighted by Crippen LogP contribution is -1.89. The van der Waals surface area contributed by atoms with Crippen LogP contribution in [0.15, 0.2) is 23.5 Å². The Hall–Kier alpha value is -1.95. The summed E-state index contributed by atoms with van der Waals surface area (Å²) in [5.74, 6) is 0.421. The summed E-state index contributed by atoms with van der Waals surface area (Å²) in [7, 11) is 0. The summed E-state index contributed by atoms with van der Waals surface area (Å²) in [5, 5.41) is 12.0. The SMILES string of the molecule is O=Nc1[nH]c(NO)c2ncccc12. The zero-order chi connectivity index (χ0) is 9.26. The fraction of sp³-hybridized carbons (Fsp3) is 0. The fourth-order valence-corrected chi connectivity index (χ4v) is 1.19. The van der Waals surface area contributed by atoms with E-state index in [1.54, 1.807) is 18.3 Å². The van der Waals surface area contributed by atoms with Gasteiger partial charge in [0.2, 0.25) is 0 Å². The van der Waals surface area contributed by atoms with Crippen molar-refractivity contribution in [3.8, 4) is 0 Å². The lowest BCUT2D eigenvalue weighted by molar-refractivity contribution is 0.387. The van der Waals surface area contributed by atoms with E-state index in [4.69, 9.17) is 5.21 Å². The Balaban J connectivity index is 2.81. The molecule has 2 heterocycles. The number of anilines is 1. The van der Waals surface area contributed by atoms with Crippen LogP contribution in [0.2, 0.25) is 0 Å². The average Bonchev–Trinajstić information content (AvgIpc) is 2.56. The van der Waals surface area contributed by atoms with Crippen molar-refractivity contribution in [3.05, 3.63) is 23.2 Å². The molecule has 3 N–H and O–H groups in total. The number of H-pyrrole nitrogens is 1. The fourth-order valence-electron chi connectivity index (χ4n) is 1.19. The van der Waals surface area contributed by atoms with Gasteiger partial charge in [0.1, 0.15) is 5.52 Å². The summed E-state index contributed by atoms with van der Waals surface area (Å²) < 4.78 is 0. The molecule has 0 aromatic carbocycles. The molecule has 0 amide bonds. The van der Waals surface area contributed by atoms with Gasteiger partial charge in [0.05, 0.1) is 5.39 Å². The van der Waals surface area contributed by atoms with E-state index in [9.17, 15) is 4.91 Å². The van der Waals surface area contributed by atoms with Crippen LogP contribution in [-0.4, -0.2) is 15.2 Å². The van der Waals surface area contributed by atoms with Crippen LogP contribution in [0.5, 0.6) is 0 Å². The summed E-state index contributed by atoms with van der Waals surface area (Å²) in [6.07, 6.45) is 1.56. The topological polar surface area (TPSA) is 90.4 Å². The van der Waals surface area contributed by atoms with Crippen molar-refractivity contribution in [1.29, 1.82) is 0 Å². The second-order valence-electron chi connectivity index (χ2n) is 2.45. The molecule has 0 spiro atoms. The van der Waals surface area contributed by atoms with Crippen LogP contribution in [0, 0.1) is 4.91 Å². The van der Waals surface area contributed by atoms with E-state index < -0.39 is 0 Å².